The third kappa shape index (κ3) is 5.69. The van der Waals surface area contributed by atoms with E-state index in [9.17, 15) is 0 Å². The molecule has 0 amide bonds. The summed E-state index contributed by atoms with van der Waals surface area (Å²) in [6.45, 7) is 9.07. The molecule has 0 bridgehead atoms. The molecule has 1 rings (SSSR count). The van der Waals surface area contributed by atoms with Gasteiger partial charge in [0.2, 0.25) is 0 Å². The summed E-state index contributed by atoms with van der Waals surface area (Å²) in [7, 11) is 0. The average molecular weight is 298 g/mol. The Hall–Kier alpha value is -0.340. The summed E-state index contributed by atoms with van der Waals surface area (Å²) in [4.78, 5) is 0. The molecule has 0 saturated heterocycles. The molecule has 96 valence electrons. The van der Waals surface area contributed by atoms with Crippen LogP contribution in [0.2, 0.25) is 0 Å². The second-order valence-corrected chi connectivity index (χ2v) is 6.23. The molecule has 2 atom stereocenters. The molecule has 0 aliphatic carbocycles. The van der Waals surface area contributed by atoms with E-state index in [1.54, 1.807) is 0 Å². The molecule has 0 aliphatic heterocycles. The molecule has 17 heavy (non-hydrogen) atoms. The first-order valence-corrected chi connectivity index (χ1v) is 7.30. The molecule has 1 aromatic rings. The SMILES string of the molecule is CC(C)CCC(C)N[C@@H](C)c1cccc(Br)c1. The molecule has 0 spiro atoms. The van der Waals surface area contributed by atoms with Crippen molar-refractivity contribution in [2.24, 2.45) is 5.92 Å². The highest BCUT2D eigenvalue weighted by molar-refractivity contribution is 9.10. The molecule has 0 radical (unpaired) electrons. The summed E-state index contributed by atoms with van der Waals surface area (Å²) in [5.74, 6) is 0.792. The highest BCUT2D eigenvalue weighted by Crippen LogP contribution is 2.19. The van der Waals surface area contributed by atoms with Crippen molar-refractivity contribution in [3.05, 3.63) is 34.3 Å². The Kier molecular flexibility index (Phi) is 6.21. The number of benzene rings is 1. The van der Waals surface area contributed by atoms with Gasteiger partial charge in [-0.3, -0.25) is 0 Å². The average Bonchev–Trinajstić information content (AvgIpc) is 2.26. The van der Waals surface area contributed by atoms with E-state index >= 15 is 0 Å². The molecular weight excluding hydrogens is 274 g/mol. The number of hydrogen-bond acceptors (Lipinski definition) is 1. The minimum Gasteiger partial charge on any atom is -0.308 e. The van der Waals surface area contributed by atoms with Gasteiger partial charge in [-0.25, -0.2) is 0 Å². The van der Waals surface area contributed by atoms with Crippen molar-refractivity contribution in [3.8, 4) is 0 Å². The molecule has 1 nitrogen and oxygen atoms in total. The van der Waals surface area contributed by atoms with E-state index in [2.05, 4.69) is 73.2 Å². The van der Waals surface area contributed by atoms with Crippen molar-refractivity contribution in [1.82, 2.24) is 5.32 Å². The van der Waals surface area contributed by atoms with Crippen LogP contribution in [0.15, 0.2) is 28.7 Å². The predicted molar refractivity (Wildman–Crippen MR) is 79.2 cm³/mol. The standard InChI is InChI=1S/C15H24BrN/c1-11(2)8-9-12(3)17-13(4)14-6-5-7-15(16)10-14/h5-7,10-13,17H,8-9H2,1-4H3/t12?,13-/m0/s1. The quantitative estimate of drug-likeness (QED) is 0.785. The maximum atomic E-state index is 3.66. The van der Waals surface area contributed by atoms with Crippen LogP contribution in [0.1, 0.15) is 52.1 Å². The Balaban J connectivity index is 2.45. The van der Waals surface area contributed by atoms with Crippen molar-refractivity contribution in [2.75, 3.05) is 0 Å². The van der Waals surface area contributed by atoms with Crippen molar-refractivity contribution in [1.29, 1.82) is 0 Å². The van der Waals surface area contributed by atoms with Gasteiger partial charge in [-0.2, -0.15) is 0 Å². The van der Waals surface area contributed by atoms with E-state index in [4.69, 9.17) is 0 Å². The van der Waals surface area contributed by atoms with Gasteiger partial charge in [-0.1, -0.05) is 41.9 Å². The molecule has 0 aromatic heterocycles. The van der Waals surface area contributed by atoms with Crippen LogP contribution in [0.5, 0.6) is 0 Å². The highest BCUT2D eigenvalue weighted by Gasteiger charge is 2.10. The monoisotopic (exact) mass is 297 g/mol. The molecule has 0 saturated carbocycles. The van der Waals surface area contributed by atoms with Crippen molar-refractivity contribution in [3.63, 3.8) is 0 Å². The lowest BCUT2D eigenvalue weighted by Crippen LogP contribution is -2.29. The third-order valence-corrected chi connectivity index (χ3v) is 3.55. The molecular formula is C15H24BrN. The lowest BCUT2D eigenvalue weighted by Gasteiger charge is -2.21. The zero-order chi connectivity index (χ0) is 12.8. The van der Waals surface area contributed by atoms with E-state index in [0.29, 0.717) is 12.1 Å². The van der Waals surface area contributed by atoms with E-state index < -0.39 is 0 Å². The molecule has 1 N–H and O–H groups in total. The van der Waals surface area contributed by atoms with Crippen LogP contribution in [0.3, 0.4) is 0 Å². The number of nitrogens with one attached hydrogen (secondary N) is 1. The van der Waals surface area contributed by atoms with Gasteiger partial charge in [0.25, 0.3) is 0 Å². The Morgan fingerprint density at radius 1 is 1.12 bits per heavy atom. The molecule has 2 heteroatoms. The fourth-order valence-electron chi connectivity index (χ4n) is 1.97. The van der Waals surface area contributed by atoms with Gasteiger partial charge in [-0.15, -0.1) is 0 Å². The van der Waals surface area contributed by atoms with E-state index in [0.717, 1.165) is 10.4 Å². The lowest BCUT2D eigenvalue weighted by molar-refractivity contribution is 0.417. The number of halogens is 1. The lowest BCUT2D eigenvalue weighted by atomic mass is 10.0. The zero-order valence-corrected chi connectivity index (χ0v) is 12.9. The second kappa shape index (κ2) is 7.17. The summed E-state index contributed by atoms with van der Waals surface area (Å²) >= 11 is 3.52. The number of hydrogen-bond donors (Lipinski definition) is 1. The Morgan fingerprint density at radius 2 is 1.82 bits per heavy atom. The predicted octanol–water partition coefficient (Wildman–Crippen LogP) is 4.92. The van der Waals surface area contributed by atoms with Crippen LogP contribution in [-0.4, -0.2) is 6.04 Å². The molecule has 0 heterocycles. The smallest absolute Gasteiger partial charge is 0.0294 e. The summed E-state index contributed by atoms with van der Waals surface area (Å²) in [6, 6.07) is 9.51. The minimum absolute atomic E-state index is 0.412. The third-order valence-electron chi connectivity index (χ3n) is 3.06. The topological polar surface area (TPSA) is 12.0 Å². The molecule has 0 aliphatic rings. The minimum atomic E-state index is 0.412. The van der Waals surface area contributed by atoms with Crippen LogP contribution in [0.4, 0.5) is 0 Å². The van der Waals surface area contributed by atoms with Gasteiger partial charge in [0.15, 0.2) is 0 Å². The first-order chi connectivity index (χ1) is 7.99. The fraction of sp³-hybridized carbons (Fsp3) is 0.600. The maximum absolute atomic E-state index is 3.66. The van der Waals surface area contributed by atoms with Crippen LogP contribution in [-0.2, 0) is 0 Å². The Bertz CT molecular complexity index is 335. The van der Waals surface area contributed by atoms with Gasteiger partial charge < -0.3 is 5.32 Å². The van der Waals surface area contributed by atoms with Gasteiger partial charge in [0.05, 0.1) is 0 Å². The van der Waals surface area contributed by atoms with Crippen LogP contribution >= 0.6 is 15.9 Å². The van der Waals surface area contributed by atoms with E-state index in [1.165, 1.54) is 18.4 Å². The van der Waals surface area contributed by atoms with E-state index in [-0.39, 0.29) is 0 Å². The van der Waals surface area contributed by atoms with Crippen LogP contribution in [0.25, 0.3) is 0 Å². The first kappa shape index (κ1) is 14.7. The van der Waals surface area contributed by atoms with Crippen molar-refractivity contribution in [2.45, 2.75) is 52.6 Å². The Morgan fingerprint density at radius 3 is 2.41 bits per heavy atom. The van der Waals surface area contributed by atoms with Gasteiger partial charge >= 0.3 is 0 Å². The molecule has 1 unspecified atom stereocenters. The summed E-state index contributed by atoms with van der Waals surface area (Å²) in [5.41, 5.74) is 1.34. The van der Waals surface area contributed by atoms with Crippen molar-refractivity contribution < 1.29 is 0 Å². The van der Waals surface area contributed by atoms with E-state index in [1.807, 2.05) is 0 Å². The van der Waals surface area contributed by atoms with Crippen molar-refractivity contribution >= 4 is 15.9 Å². The first-order valence-electron chi connectivity index (χ1n) is 6.50. The largest absolute Gasteiger partial charge is 0.308 e. The Labute approximate surface area is 114 Å². The normalized spacial score (nSPS) is 14.9. The summed E-state index contributed by atoms with van der Waals surface area (Å²) in [5, 5.41) is 3.66. The number of rotatable bonds is 6. The fourth-order valence-corrected chi connectivity index (χ4v) is 2.38. The summed E-state index contributed by atoms with van der Waals surface area (Å²) in [6.07, 6.45) is 2.54. The van der Waals surface area contributed by atoms with Crippen LogP contribution < -0.4 is 5.32 Å². The summed E-state index contributed by atoms with van der Waals surface area (Å²) < 4.78 is 1.15. The molecule has 0 fully saturated rings. The maximum Gasteiger partial charge on any atom is 0.0294 e. The van der Waals surface area contributed by atoms with Crippen LogP contribution in [0, 0.1) is 5.92 Å². The second-order valence-electron chi connectivity index (χ2n) is 5.32. The highest BCUT2D eigenvalue weighted by atomic mass is 79.9. The molecule has 1 aromatic carbocycles. The van der Waals surface area contributed by atoms with Gasteiger partial charge in [0.1, 0.15) is 0 Å². The van der Waals surface area contributed by atoms with Gasteiger partial charge in [0, 0.05) is 16.6 Å². The zero-order valence-electron chi connectivity index (χ0n) is 11.3. The van der Waals surface area contributed by atoms with Gasteiger partial charge in [-0.05, 0) is 50.3 Å².